The van der Waals surface area contributed by atoms with E-state index in [0.717, 1.165) is 39.9 Å². The second-order valence-corrected chi connectivity index (χ2v) is 9.66. The number of hydrogen-bond acceptors (Lipinski definition) is 8. The minimum atomic E-state index is -0.919. The van der Waals surface area contributed by atoms with Gasteiger partial charge in [0.15, 0.2) is 0 Å². The Labute approximate surface area is 220 Å². The molecule has 4 aromatic rings. The molecule has 0 spiro atoms. The van der Waals surface area contributed by atoms with Crippen molar-refractivity contribution in [3.8, 4) is 17.4 Å². The third kappa shape index (κ3) is 5.32. The summed E-state index contributed by atoms with van der Waals surface area (Å²) in [6.07, 6.45) is 2.11. The van der Waals surface area contributed by atoms with Crippen molar-refractivity contribution in [1.82, 2.24) is 8.75 Å². The molecule has 8 heteroatoms. The first-order valence-corrected chi connectivity index (χ1v) is 13.0. The van der Waals surface area contributed by atoms with Crippen LogP contribution in [-0.2, 0) is 10.3 Å². The van der Waals surface area contributed by atoms with E-state index in [0.29, 0.717) is 25.3 Å². The molecule has 1 N–H and O–H groups in total. The summed E-state index contributed by atoms with van der Waals surface area (Å²) in [6.45, 7) is 0.337. The lowest BCUT2D eigenvalue weighted by Gasteiger charge is -2.37. The van der Waals surface area contributed by atoms with E-state index in [2.05, 4.69) is 20.9 Å². The highest BCUT2D eigenvalue weighted by Crippen LogP contribution is 2.43. The van der Waals surface area contributed by atoms with Gasteiger partial charge in [0.25, 0.3) is 0 Å². The summed E-state index contributed by atoms with van der Waals surface area (Å²) in [5.41, 5.74) is 1.98. The fourth-order valence-corrected chi connectivity index (χ4v) is 5.37. The molecular formula is C29H30N2O5S. The maximum Gasteiger partial charge on any atom is 0.245 e. The van der Waals surface area contributed by atoms with Gasteiger partial charge in [-0.1, -0.05) is 54.6 Å². The van der Waals surface area contributed by atoms with Gasteiger partial charge in [-0.05, 0) is 47.4 Å². The molecule has 7 nitrogen and oxygen atoms in total. The van der Waals surface area contributed by atoms with Gasteiger partial charge in [0.2, 0.25) is 5.88 Å². The number of nitrogens with zero attached hydrogens (tertiary/aromatic N) is 2. The minimum absolute atomic E-state index is 0.101. The van der Waals surface area contributed by atoms with Crippen LogP contribution in [0.15, 0.2) is 85.1 Å². The number of benzene rings is 3. The summed E-state index contributed by atoms with van der Waals surface area (Å²) in [6, 6.07) is 26.0. The Balaban J connectivity index is 1.51. The Morgan fingerprint density at radius 3 is 1.97 bits per heavy atom. The molecule has 0 saturated heterocycles. The summed E-state index contributed by atoms with van der Waals surface area (Å²) >= 11 is 1.11. The zero-order valence-electron chi connectivity index (χ0n) is 20.8. The van der Waals surface area contributed by atoms with Crippen LogP contribution in [0.1, 0.15) is 29.5 Å². The Morgan fingerprint density at radius 2 is 1.43 bits per heavy atom. The summed E-state index contributed by atoms with van der Waals surface area (Å²) in [5, 5.41) is 10.9. The molecule has 1 saturated carbocycles. The highest BCUT2D eigenvalue weighted by atomic mass is 32.1. The van der Waals surface area contributed by atoms with Crippen LogP contribution in [0.5, 0.6) is 17.4 Å². The van der Waals surface area contributed by atoms with E-state index in [9.17, 15) is 5.11 Å². The molecule has 3 atom stereocenters. The first-order chi connectivity index (χ1) is 18.1. The van der Waals surface area contributed by atoms with Crippen molar-refractivity contribution in [2.75, 3.05) is 20.8 Å². The van der Waals surface area contributed by atoms with Gasteiger partial charge >= 0.3 is 0 Å². The second kappa shape index (κ2) is 11.3. The number of aromatic nitrogens is 2. The van der Waals surface area contributed by atoms with Crippen LogP contribution in [0.25, 0.3) is 0 Å². The van der Waals surface area contributed by atoms with Gasteiger partial charge in [-0.15, -0.1) is 4.37 Å². The molecule has 1 heterocycles. The first-order valence-electron chi connectivity index (χ1n) is 12.2. The molecule has 1 fully saturated rings. The lowest BCUT2D eigenvalue weighted by Crippen LogP contribution is -2.35. The van der Waals surface area contributed by atoms with Crippen molar-refractivity contribution in [2.24, 2.45) is 5.92 Å². The molecule has 0 aliphatic heterocycles. The second-order valence-electron chi connectivity index (χ2n) is 9.10. The standard InChI is InChI=1S/C29H30N2O5S/c1-33-24-12-8-22(9-13-24)29(21-6-4-3-5-7-21,23-10-14-25(34-2)15-11-23)35-19-20-16-26(17-27(20)32)36-28-18-30-37-31-28/h3-15,18,20,26-27,32H,16-17,19H2,1-2H3/t20-,26-,27+/m1/s1. The highest BCUT2D eigenvalue weighted by Gasteiger charge is 2.41. The van der Waals surface area contributed by atoms with Gasteiger partial charge in [0.1, 0.15) is 29.4 Å². The fraction of sp³-hybridized carbons (Fsp3) is 0.310. The van der Waals surface area contributed by atoms with Crippen LogP contribution < -0.4 is 14.2 Å². The lowest BCUT2D eigenvalue weighted by molar-refractivity contribution is -0.0298. The molecule has 5 rings (SSSR count). The Hall–Kier alpha value is -3.46. The smallest absolute Gasteiger partial charge is 0.245 e. The SMILES string of the molecule is COc1ccc(C(OC[C@H]2C[C@@H](Oc3cnsn3)C[C@@H]2O)(c2ccccc2)c2ccc(OC)cc2)cc1. The fourth-order valence-electron chi connectivity index (χ4n) is 5.01. The molecule has 3 aromatic carbocycles. The number of methoxy groups -OCH3 is 2. The van der Waals surface area contributed by atoms with Crippen molar-refractivity contribution < 1.29 is 24.1 Å². The molecule has 1 aliphatic rings. The quantitative estimate of drug-likeness (QED) is 0.293. The van der Waals surface area contributed by atoms with Crippen LogP contribution >= 0.6 is 11.7 Å². The maximum absolute atomic E-state index is 10.9. The number of rotatable bonds is 10. The van der Waals surface area contributed by atoms with Gasteiger partial charge in [-0.25, -0.2) is 0 Å². The summed E-state index contributed by atoms with van der Waals surface area (Å²) < 4.78 is 31.9. The van der Waals surface area contributed by atoms with Crippen LogP contribution in [0, 0.1) is 5.92 Å². The average molecular weight is 519 g/mol. The van der Waals surface area contributed by atoms with E-state index in [1.807, 2.05) is 66.7 Å². The third-order valence-corrected chi connectivity index (χ3v) is 7.39. The van der Waals surface area contributed by atoms with Crippen molar-refractivity contribution in [2.45, 2.75) is 30.7 Å². The van der Waals surface area contributed by atoms with Gasteiger partial charge in [0, 0.05) is 12.3 Å². The third-order valence-electron chi connectivity index (χ3n) is 6.93. The summed E-state index contributed by atoms with van der Waals surface area (Å²) in [4.78, 5) is 0. The summed E-state index contributed by atoms with van der Waals surface area (Å²) in [7, 11) is 3.31. The van der Waals surface area contributed by atoms with Crippen molar-refractivity contribution in [3.63, 3.8) is 0 Å². The summed E-state index contributed by atoms with van der Waals surface area (Å²) in [5.74, 6) is 1.93. The Morgan fingerprint density at radius 1 is 0.838 bits per heavy atom. The molecule has 0 amide bonds. The van der Waals surface area contributed by atoms with E-state index in [1.54, 1.807) is 20.4 Å². The number of hydrogen-bond donors (Lipinski definition) is 1. The molecule has 1 aliphatic carbocycles. The van der Waals surface area contributed by atoms with Crippen molar-refractivity contribution in [3.05, 3.63) is 102 Å². The lowest BCUT2D eigenvalue weighted by atomic mass is 9.80. The van der Waals surface area contributed by atoms with Crippen molar-refractivity contribution in [1.29, 1.82) is 0 Å². The highest BCUT2D eigenvalue weighted by molar-refractivity contribution is 6.99. The van der Waals surface area contributed by atoms with Crippen LogP contribution in [0.4, 0.5) is 0 Å². The normalized spacial score (nSPS) is 19.5. The van der Waals surface area contributed by atoms with Gasteiger partial charge < -0.3 is 24.1 Å². The largest absolute Gasteiger partial charge is 0.497 e. The molecule has 0 bridgehead atoms. The molecule has 0 unspecified atom stereocenters. The molecular weight excluding hydrogens is 488 g/mol. The molecule has 0 radical (unpaired) electrons. The van der Waals surface area contributed by atoms with E-state index < -0.39 is 11.7 Å². The monoisotopic (exact) mass is 518 g/mol. The van der Waals surface area contributed by atoms with E-state index >= 15 is 0 Å². The van der Waals surface area contributed by atoms with Gasteiger partial charge in [-0.3, -0.25) is 0 Å². The predicted octanol–water partition coefficient (Wildman–Crippen LogP) is 5.08. The maximum atomic E-state index is 10.9. The van der Waals surface area contributed by atoms with Crippen LogP contribution in [0.3, 0.4) is 0 Å². The molecule has 192 valence electrons. The zero-order valence-corrected chi connectivity index (χ0v) is 21.6. The Kier molecular flexibility index (Phi) is 7.69. The van der Waals surface area contributed by atoms with Crippen molar-refractivity contribution >= 4 is 11.7 Å². The van der Waals surface area contributed by atoms with E-state index in [4.69, 9.17) is 18.9 Å². The Bertz CT molecular complexity index is 1200. The zero-order chi connectivity index (χ0) is 25.7. The van der Waals surface area contributed by atoms with E-state index in [1.165, 1.54) is 0 Å². The van der Waals surface area contributed by atoms with Gasteiger partial charge in [0.05, 0.1) is 38.7 Å². The minimum Gasteiger partial charge on any atom is -0.497 e. The number of aliphatic hydroxyl groups excluding tert-OH is 1. The number of ether oxygens (including phenoxy) is 4. The average Bonchev–Trinajstić information content (AvgIpc) is 3.59. The predicted molar refractivity (Wildman–Crippen MR) is 141 cm³/mol. The van der Waals surface area contributed by atoms with Crippen LogP contribution in [0.2, 0.25) is 0 Å². The van der Waals surface area contributed by atoms with Crippen LogP contribution in [-0.4, -0.2) is 46.9 Å². The molecule has 1 aromatic heterocycles. The van der Waals surface area contributed by atoms with E-state index in [-0.39, 0.29) is 12.0 Å². The first kappa shape index (κ1) is 25.2. The molecule has 37 heavy (non-hydrogen) atoms. The topological polar surface area (TPSA) is 82.9 Å². The number of aliphatic hydroxyl groups is 1. The van der Waals surface area contributed by atoms with Gasteiger partial charge in [-0.2, -0.15) is 4.37 Å².